The van der Waals surface area contributed by atoms with Gasteiger partial charge in [-0.1, -0.05) is 6.08 Å². The van der Waals surface area contributed by atoms with Crippen LogP contribution in [0.5, 0.6) is 0 Å². The number of hydrogen-bond donors (Lipinski definition) is 1. The second kappa shape index (κ2) is 2.49. The standard InChI is InChI=1S/C7H10N2/c1-3-6-4-5-7(8-2)9-6/h3-5H,1-2H3,(H,8,9)/b6-3-. The summed E-state index contributed by atoms with van der Waals surface area (Å²) in [6.45, 7) is 1.99. The van der Waals surface area contributed by atoms with Crippen LogP contribution in [0.15, 0.2) is 28.9 Å². The second-order valence-electron chi connectivity index (χ2n) is 1.81. The summed E-state index contributed by atoms with van der Waals surface area (Å²) < 4.78 is 0. The molecule has 0 aromatic heterocycles. The van der Waals surface area contributed by atoms with Crippen LogP contribution in [0.2, 0.25) is 0 Å². The SMILES string of the molecule is C/C=C1/C=CC(=NC)N1. The van der Waals surface area contributed by atoms with E-state index >= 15 is 0 Å². The van der Waals surface area contributed by atoms with Gasteiger partial charge in [0.15, 0.2) is 0 Å². The average molecular weight is 122 g/mol. The number of hydrogen-bond acceptors (Lipinski definition) is 1. The summed E-state index contributed by atoms with van der Waals surface area (Å²) in [5, 5.41) is 3.09. The molecule has 1 N–H and O–H groups in total. The minimum Gasteiger partial charge on any atom is -0.341 e. The van der Waals surface area contributed by atoms with Gasteiger partial charge in [-0.2, -0.15) is 0 Å². The van der Waals surface area contributed by atoms with Crippen LogP contribution in [-0.2, 0) is 0 Å². The molecule has 0 aliphatic carbocycles. The number of aliphatic imine (C=N–C) groups is 1. The monoisotopic (exact) mass is 122 g/mol. The summed E-state index contributed by atoms with van der Waals surface area (Å²) in [7, 11) is 1.77. The van der Waals surface area contributed by atoms with Gasteiger partial charge in [0, 0.05) is 12.7 Å². The molecule has 0 radical (unpaired) electrons. The van der Waals surface area contributed by atoms with Gasteiger partial charge in [-0.05, 0) is 19.1 Å². The Hall–Kier alpha value is -1.05. The summed E-state index contributed by atoms with van der Waals surface area (Å²) in [5.74, 6) is 0.933. The zero-order valence-electron chi connectivity index (χ0n) is 5.68. The molecule has 0 fully saturated rings. The number of amidine groups is 1. The highest BCUT2D eigenvalue weighted by atomic mass is 15.0. The van der Waals surface area contributed by atoms with E-state index in [1.807, 2.05) is 25.2 Å². The van der Waals surface area contributed by atoms with Crippen molar-refractivity contribution in [2.45, 2.75) is 6.92 Å². The summed E-state index contributed by atoms with van der Waals surface area (Å²) in [6.07, 6.45) is 5.96. The van der Waals surface area contributed by atoms with E-state index < -0.39 is 0 Å². The van der Waals surface area contributed by atoms with Crippen LogP contribution in [0.4, 0.5) is 0 Å². The van der Waals surface area contributed by atoms with Crippen molar-refractivity contribution in [1.29, 1.82) is 0 Å². The van der Waals surface area contributed by atoms with Crippen molar-refractivity contribution >= 4 is 5.84 Å². The first-order valence-corrected chi connectivity index (χ1v) is 2.95. The third-order valence-corrected chi connectivity index (χ3v) is 1.25. The fraction of sp³-hybridized carbons (Fsp3) is 0.286. The van der Waals surface area contributed by atoms with Gasteiger partial charge in [-0.15, -0.1) is 0 Å². The fourth-order valence-electron chi connectivity index (χ4n) is 0.699. The number of nitrogens with one attached hydrogen (secondary N) is 1. The molecule has 1 aliphatic rings. The van der Waals surface area contributed by atoms with E-state index in [0.29, 0.717) is 0 Å². The molecular formula is C7H10N2. The van der Waals surface area contributed by atoms with E-state index in [-0.39, 0.29) is 0 Å². The fourth-order valence-corrected chi connectivity index (χ4v) is 0.699. The van der Waals surface area contributed by atoms with Gasteiger partial charge in [-0.3, -0.25) is 4.99 Å². The lowest BCUT2D eigenvalue weighted by Gasteiger charge is -1.94. The molecule has 0 aromatic carbocycles. The molecule has 0 atom stereocenters. The van der Waals surface area contributed by atoms with E-state index in [2.05, 4.69) is 10.3 Å². The Labute approximate surface area is 55.0 Å². The molecule has 1 rings (SSSR count). The highest BCUT2D eigenvalue weighted by molar-refractivity contribution is 5.97. The lowest BCUT2D eigenvalue weighted by molar-refractivity contribution is 1.19. The Morgan fingerprint density at radius 1 is 1.56 bits per heavy atom. The minimum absolute atomic E-state index is 0.933. The van der Waals surface area contributed by atoms with Crippen LogP contribution >= 0.6 is 0 Å². The Bertz CT molecular complexity index is 167. The number of allylic oxidation sites excluding steroid dienone is 2. The number of rotatable bonds is 0. The normalized spacial score (nSPS) is 25.6. The molecule has 0 amide bonds. The predicted molar refractivity (Wildman–Crippen MR) is 39.4 cm³/mol. The maximum absolute atomic E-state index is 3.96. The third-order valence-electron chi connectivity index (χ3n) is 1.25. The molecular weight excluding hydrogens is 112 g/mol. The Kier molecular flexibility index (Phi) is 1.68. The molecule has 0 unspecified atom stereocenters. The van der Waals surface area contributed by atoms with E-state index in [0.717, 1.165) is 11.5 Å². The molecule has 1 heterocycles. The Morgan fingerprint density at radius 2 is 2.33 bits per heavy atom. The van der Waals surface area contributed by atoms with Crippen molar-refractivity contribution in [3.05, 3.63) is 23.9 Å². The second-order valence-corrected chi connectivity index (χ2v) is 1.81. The molecule has 0 aromatic rings. The summed E-state index contributed by atoms with van der Waals surface area (Å²) >= 11 is 0. The zero-order valence-corrected chi connectivity index (χ0v) is 5.68. The predicted octanol–water partition coefficient (Wildman–Crippen LogP) is 1.08. The van der Waals surface area contributed by atoms with Gasteiger partial charge >= 0.3 is 0 Å². The van der Waals surface area contributed by atoms with Crippen molar-refractivity contribution in [3.63, 3.8) is 0 Å². The Balaban J connectivity index is 2.71. The van der Waals surface area contributed by atoms with Crippen LogP contribution in [0.1, 0.15) is 6.92 Å². The van der Waals surface area contributed by atoms with Gasteiger partial charge in [0.25, 0.3) is 0 Å². The van der Waals surface area contributed by atoms with Gasteiger partial charge in [0.1, 0.15) is 5.84 Å². The molecule has 0 saturated heterocycles. The molecule has 0 saturated carbocycles. The molecule has 48 valence electrons. The van der Waals surface area contributed by atoms with Gasteiger partial charge < -0.3 is 5.32 Å². The van der Waals surface area contributed by atoms with Gasteiger partial charge in [-0.25, -0.2) is 0 Å². The van der Waals surface area contributed by atoms with Crippen LogP contribution in [0, 0.1) is 0 Å². The van der Waals surface area contributed by atoms with Crippen LogP contribution in [-0.4, -0.2) is 12.9 Å². The average Bonchev–Trinajstić information content (AvgIpc) is 2.34. The first-order valence-electron chi connectivity index (χ1n) is 2.95. The van der Waals surface area contributed by atoms with Crippen molar-refractivity contribution in [1.82, 2.24) is 5.32 Å². The smallest absolute Gasteiger partial charge is 0.125 e. The van der Waals surface area contributed by atoms with Gasteiger partial charge in [0.2, 0.25) is 0 Å². The number of nitrogens with zero attached hydrogens (tertiary/aromatic N) is 1. The minimum atomic E-state index is 0.933. The van der Waals surface area contributed by atoms with E-state index in [4.69, 9.17) is 0 Å². The molecule has 2 nitrogen and oxygen atoms in total. The third kappa shape index (κ3) is 1.19. The first kappa shape index (κ1) is 6.08. The van der Waals surface area contributed by atoms with E-state index in [9.17, 15) is 0 Å². The summed E-state index contributed by atoms with van der Waals surface area (Å²) in [4.78, 5) is 3.96. The van der Waals surface area contributed by atoms with Gasteiger partial charge in [0.05, 0.1) is 0 Å². The Morgan fingerprint density at radius 3 is 2.67 bits per heavy atom. The van der Waals surface area contributed by atoms with Crippen molar-refractivity contribution < 1.29 is 0 Å². The maximum atomic E-state index is 3.96. The highest BCUT2D eigenvalue weighted by Gasteiger charge is 2.00. The van der Waals surface area contributed by atoms with Crippen LogP contribution < -0.4 is 5.32 Å². The topological polar surface area (TPSA) is 24.4 Å². The molecule has 0 bridgehead atoms. The van der Waals surface area contributed by atoms with Crippen LogP contribution in [0.3, 0.4) is 0 Å². The zero-order chi connectivity index (χ0) is 6.69. The molecule has 2 heteroatoms. The first-order chi connectivity index (χ1) is 4.36. The summed E-state index contributed by atoms with van der Waals surface area (Å²) in [5.41, 5.74) is 1.12. The van der Waals surface area contributed by atoms with Crippen molar-refractivity contribution in [2.24, 2.45) is 4.99 Å². The molecule has 0 spiro atoms. The quantitative estimate of drug-likeness (QED) is 0.510. The van der Waals surface area contributed by atoms with E-state index in [1.54, 1.807) is 7.05 Å². The molecule has 9 heavy (non-hydrogen) atoms. The lowest BCUT2D eigenvalue weighted by atomic mass is 10.4. The van der Waals surface area contributed by atoms with Crippen molar-refractivity contribution in [2.75, 3.05) is 7.05 Å². The van der Waals surface area contributed by atoms with E-state index in [1.165, 1.54) is 0 Å². The van der Waals surface area contributed by atoms with Crippen molar-refractivity contribution in [3.8, 4) is 0 Å². The summed E-state index contributed by atoms with van der Waals surface area (Å²) in [6, 6.07) is 0. The largest absolute Gasteiger partial charge is 0.341 e. The maximum Gasteiger partial charge on any atom is 0.125 e. The van der Waals surface area contributed by atoms with Crippen LogP contribution in [0.25, 0.3) is 0 Å². The lowest BCUT2D eigenvalue weighted by Crippen LogP contribution is -2.13. The molecule has 1 aliphatic heterocycles. The highest BCUT2D eigenvalue weighted by Crippen LogP contribution is 1.99.